The van der Waals surface area contributed by atoms with Gasteiger partial charge in [0.25, 0.3) is 0 Å². The minimum absolute atomic E-state index is 0.629. The lowest BCUT2D eigenvalue weighted by Gasteiger charge is -2.07. The van der Waals surface area contributed by atoms with Crippen LogP contribution in [-0.4, -0.2) is 22.9 Å². The van der Waals surface area contributed by atoms with Gasteiger partial charge in [-0.1, -0.05) is 0 Å². The number of ether oxygens (including phenoxy) is 1. The molecule has 16 heavy (non-hydrogen) atoms. The van der Waals surface area contributed by atoms with Crippen LogP contribution in [0, 0.1) is 0 Å². The van der Waals surface area contributed by atoms with Gasteiger partial charge in [-0.05, 0) is 18.2 Å². The maximum Gasteiger partial charge on any atom is 0.150 e. The van der Waals surface area contributed by atoms with Gasteiger partial charge in [0.15, 0.2) is 6.29 Å². The number of carbonyl (C=O) groups excluding carboxylic acids is 1. The number of rotatable bonds is 3. The van der Waals surface area contributed by atoms with E-state index in [0.717, 1.165) is 23.3 Å². The molecule has 0 N–H and O–H groups in total. The van der Waals surface area contributed by atoms with Crippen LogP contribution in [0.2, 0.25) is 0 Å². The van der Waals surface area contributed by atoms with Crippen molar-refractivity contribution in [2.24, 2.45) is 7.05 Å². The maximum absolute atomic E-state index is 11.0. The standard InChI is InChI=1S/C12H12N2O2/c1-14-8-13-6-12(14)11-5-10(16-2)4-3-9(11)7-15/h3-8H,1-2H3. The molecule has 0 unspecified atom stereocenters. The summed E-state index contributed by atoms with van der Waals surface area (Å²) in [5.74, 6) is 0.724. The first kappa shape index (κ1) is 10.4. The molecule has 82 valence electrons. The minimum atomic E-state index is 0.629. The first-order valence-electron chi connectivity index (χ1n) is 4.86. The van der Waals surface area contributed by atoms with E-state index < -0.39 is 0 Å². The molecule has 4 nitrogen and oxygen atoms in total. The van der Waals surface area contributed by atoms with Crippen molar-refractivity contribution in [1.82, 2.24) is 9.55 Å². The Hall–Kier alpha value is -2.10. The molecule has 0 bridgehead atoms. The quantitative estimate of drug-likeness (QED) is 0.736. The van der Waals surface area contributed by atoms with Gasteiger partial charge in [-0.3, -0.25) is 4.79 Å². The molecule has 2 aromatic rings. The fourth-order valence-corrected chi connectivity index (χ4v) is 1.60. The monoisotopic (exact) mass is 216 g/mol. The normalized spacial score (nSPS) is 10.1. The van der Waals surface area contributed by atoms with Crippen LogP contribution in [0.5, 0.6) is 5.75 Å². The molecule has 0 aliphatic heterocycles. The zero-order valence-electron chi connectivity index (χ0n) is 9.18. The molecular formula is C12H12N2O2. The van der Waals surface area contributed by atoms with E-state index in [1.807, 2.05) is 17.7 Å². The molecule has 0 aliphatic carbocycles. The molecular weight excluding hydrogens is 204 g/mol. The minimum Gasteiger partial charge on any atom is -0.497 e. The van der Waals surface area contributed by atoms with Gasteiger partial charge in [0.05, 0.1) is 25.3 Å². The Morgan fingerprint density at radius 1 is 1.44 bits per heavy atom. The Balaban J connectivity index is 2.61. The van der Waals surface area contributed by atoms with Crippen LogP contribution < -0.4 is 4.74 Å². The van der Waals surface area contributed by atoms with E-state index in [2.05, 4.69) is 4.98 Å². The highest BCUT2D eigenvalue weighted by molar-refractivity contribution is 5.87. The second kappa shape index (κ2) is 4.18. The molecule has 0 amide bonds. The van der Waals surface area contributed by atoms with Gasteiger partial charge in [0.1, 0.15) is 5.75 Å². The molecule has 1 aromatic heterocycles. The molecule has 1 aromatic carbocycles. The number of imidazole rings is 1. The number of hydrogen-bond acceptors (Lipinski definition) is 3. The summed E-state index contributed by atoms with van der Waals surface area (Å²) in [4.78, 5) is 15.0. The number of carbonyl (C=O) groups is 1. The van der Waals surface area contributed by atoms with Gasteiger partial charge in [-0.25, -0.2) is 4.98 Å². The summed E-state index contributed by atoms with van der Waals surface area (Å²) in [6.07, 6.45) is 4.26. The predicted molar refractivity (Wildman–Crippen MR) is 60.6 cm³/mol. The lowest BCUT2D eigenvalue weighted by atomic mass is 10.1. The Labute approximate surface area is 93.5 Å². The van der Waals surface area contributed by atoms with Crippen LogP contribution >= 0.6 is 0 Å². The molecule has 0 saturated heterocycles. The Bertz CT molecular complexity index is 517. The van der Waals surface area contributed by atoms with Crippen LogP contribution in [0.15, 0.2) is 30.7 Å². The molecule has 0 spiro atoms. The van der Waals surface area contributed by atoms with Gasteiger partial charge in [0, 0.05) is 18.2 Å². The highest BCUT2D eigenvalue weighted by atomic mass is 16.5. The van der Waals surface area contributed by atoms with Gasteiger partial charge in [0.2, 0.25) is 0 Å². The zero-order chi connectivity index (χ0) is 11.5. The van der Waals surface area contributed by atoms with Crippen molar-refractivity contribution in [3.05, 3.63) is 36.3 Å². The van der Waals surface area contributed by atoms with Crippen molar-refractivity contribution in [1.29, 1.82) is 0 Å². The number of aryl methyl sites for hydroxylation is 1. The lowest BCUT2D eigenvalue weighted by Crippen LogP contribution is -1.95. The van der Waals surface area contributed by atoms with Crippen molar-refractivity contribution in [3.8, 4) is 17.0 Å². The summed E-state index contributed by atoms with van der Waals surface area (Å²) in [5.41, 5.74) is 2.35. The number of methoxy groups -OCH3 is 1. The summed E-state index contributed by atoms with van der Waals surface area (Å²) in [6, 6.07) is 5.35. The predicted octanol–water partition coefficient (Wildman–Crippen LogP) is 1.91. The lowest BCUT2D eigenvalue weighted by molar-refractivity contribution is 0.112. The third-order valence-electron chi connectivity index (χ3n) is 2.48. The van der Waals surface area contributed by atoms with Crippen molar-refractivity contribution in [2.75, 3.05) is 7.11 Å². The average molecular weight is 216 g/mol. The van der Waals surface area contributed by atoms with E-state index in [-0.39, 0.29) is 0 Å². The first-order chi connectivity index (χ1) is 7.76. The number of nitrogens with zero attached hydrogens (tertiary/aromatic N) is 2. The largest absolute Gasteiger partial charge is 0.497 e. The summed E-state index contributed by atoms with van der Waals surface area (Å²) >= 11 is 0. The van der Waals surface area contributed by atoms with Gasteiger partial charge in [-0.2, -0.15) is 0 Å². The average Bonchev–Trinajstić information content (AvgIpc) is 2.74. The summed E-state index contributed by atoms with van der Waals surface area (Å²) in [7, 11) is 3.49. The van der Waals surface area contributed by atoms with E-state index >= 15 is 0 Å². The van der Waals surface area contributed by atoms with Crippen LogP contribution in [0.1, 0.15) is 10.4 Å². The zero-order valence-corrected chi connectivity index (χ0v) is 9.18. The van der Waals surface area contributed by atoms with Crippen molar-refractivity contribution in [3.63, 3.8) is 0 Å². The second-order valence-electron chi connectivity index (χ2n) is 3.46. The molecule has 0 aliphatic rings. The molecule has 2 rings (SSSR count). The highest BCUT2D eigenvalue weighted by Crippen LogP contribution is 2.26. The summed E-state index contributed by atoms with van der Waals surface area (Å²) in [5, 5.41) is 0. The molecule has 4 heteroatoms. The molecule has 0 radical (unpaired) electrons. The van der Waals surface area contributed by atoms with Crippen molar-refractivity contribution in [2.45, 2.75) is 0 Å². The third kappa shape index (κ3) is 1.69. The van der Waals surface area contributed by atoms with E-state index in [1.54, 1.807) is 31.8 Å². The van der Waals surface area contributed by atoms with Gasteiger partial charge < -0.3 is 9.30 Å². The SMILES string of the molecule is COc1ccc(C=O)c(-c2cncn2C)c1. The van der Waals surface area contributed by atoms with Crippen molar-refractivity contribution < 1.29 is 9.53 Å². The van der Waals surface area contributed by atoms with Gasteiger partial charge >= 0.3 is 0 Å². The number of aldehydes is 1. The van der Waals surface area contributed by atoms with Crippen LogP contribution in [0.25, 0.3) is 11.3 Å². The topological polar surface area (TPSA) is 44.1 Å². The number of hydrogen-bond donors (Lipinski definition) is 0. The molecule has 0 fully saturated rings. The maximum atomic E-state index is 11.0. The first-order valence-corrected chi connectivity index (χ1v) is 4.86. The second-order valence-corrected chi connectivity index (χ2v) is 3.46. The smallest absolute Gasteiger partial charge is 0.150 e. The summed E-state index contributed by atoms with van der Waals surface area (Å²) in [6.45, 7) is 0. The van der Waals surface area contributed by atoms with Crippen LogP contribution in [-0.2, 0) is 7.05 Å². The van der Waals surface area contributed by atoms with Crippen molar-refractivity contribution >= 4 is 6.29 Å². The number of aromatic nitrogens is 2. The van der Waals surface area contributed by atoms with Gasteiger partial charge in [-0.15, -0.1) is 0 Å². The number of benzene rings is 1. The fourth-order valence-electron chi connectivity index (χ4n) is 1.60. The van der Waals surface area contributed by atoms with E-state index in [4.69, 9.17) is 4.74 Å². The Kier molecular flexibility index (Phi) is 2.72. The van der Waals surface area contributed by atoms with E-state index in [0.29, 0.717) is 5.56 Å². The summed E-state index contributed by atoms with van der Waals surface area (Å²) < 4.78 is 7.01. The van der Waals surface area contributed by atoms with Crippen LogP contribution in [0.3, 0.4) is 0 Å². The molecule has 1 heterocycles. The fraction of sp³-hybridized carbons (Fsp3) is 0.167. The van der Waals surface area contributed by atoms with Crippen LogP contribution in [0.4, 0.5) is 0 Å². The van der Waals surface area contributed by atoms with E-state index in [9.17, 15) is 4.79 Å². The third-order valence-corrected chi connectivity index (χ3v) is 2.48. The Morgan fingerprint density at radius 2 is 2.25 bits per heavy atom. The highest BCUT2D eigenvalue weighted by Gasteiger charge is 2.09. The Morgan fingerprint density at radius 3 is 2.81 bits per heavy atom. The molecule has 0 saturated carbocycles. The van der Waals surface area contributed by atoms with E-state index in [1.165, 1.54) is 0 Å². The molecule has 0 atom stereocenters.